The van der Waals surface area contributed by atoms with Crippen molar-refractivity contribution in [1.82, 2.24) is 0 Å². The Kier molecular flexibility index (Phi) is 3.34. The van der Waals surface area contributed by atoms with Gasteiger partial charge in [-0.2, -0.15) is 0 Å². The number of hydrogen-bond acceptors (Lipinski definition) is 1. The van der Waals surface area contributed by atoms with E-state index in [4.69, 9.17) is 0 Å². The van der Waals surface area contributed by atoms with Crippen LogP contribution < -0.4 is 0 Å². The molecule has 0 aliphatic carbocycles. The first-order chi connectivity index (χ1) is 8.52. The van der Waals surface area contributed by atoms with Gasteiger partial charge in [0.25, 0.3) is 0 Å². The van der Waals surface area contributed by atoms with E-state index in [0.717, 1.165) is 0 Å². The number of aliphatic hydroxyl groups excluding tert-OH is 1. The Morgan fingerprint density at radius 2 is 1.33 bits per heavy atom. The summed E-state index contributed by atoms with van der Waals surface area (Å²) in [5, 5.41) is 9.79. The Hall–Kier alpha value is -1.88. The number of rotatable bonds is 2. The molecule has 2 rings (SSSR count). The molecule has 0 spiro atoms. The van der Waals surface area contributed by atoms with Gasteiger partial charge in [-0.3, -0.25) is 0 Å². The Labute approximate surface area is 100 Å². The lowest BCUT2D eigenvalue weighted by molar-refractivity contribution is 0.205. The molecule has 0 aliphatic heterocycles. The van der Waals surface area contributed by atoms with Gasteiger partial charge in [0.1, 0.15) is 6.10 Å². The molecule has 1 atom stereocenters. The van der Waals surface area contributed by atoms with E-state index >= 15 is 0 Å². The normalized spacial score (nSPS) is 12.5. The van der Waals surface area contributed by atoms with Gasteiger partial charge in [-0.15, -0.1) is 0 Å². The van der Waals surface area contributed by atoms with E-state index in [1.54, 1.807) is 6.07 Å². The minimum absolute atomic E-state index is 0.103. The quantitative estimate of drug-likeness (QED) is 0.645. The second kappa shape index (κ2) is 4.78. The smallest absolute Gasteiger partial charge is 0.168 e. The van der Waals surface area contributed by atoms with Gasteiger partial charge in [0.2, 0.25) is 0 Å². The molecule has 0 fully saturated rings. The monoisotopic (exact) mass is 256 g/mol. The van der Waals surface area contributed by atoms with Crippen molar-refractivity contribution in [3.05, 3.63) is 70.8 Å². The van der Waals surface area contributed by atoms with E-state index in [1.165, 1.54) is 24.3 Å². The third-order valence-corrected chi connectivity index (χ3v) is 2.53. The van der Waals surface area contributed by atoms with Crippen LogP contribution in [0.4, 0.5) is 17.6 Å². The summed E-state index contributed by atoms with van der Waals surface area (Å²) in [7, 11) is 0. The van der Waals surface area contributed by atoms with Gasteiger partial charge in [-0.05, 0) is 5.56 Å². The molecule has 2 aromatic carbocycles. The van der Waals surface area contributed by atoms with Gasteiger partial charge >= 0.3 is 0 Å². The minimum atomic E-state index is -1.77. The summed E-state index contributed by atoms with van der Waals surface area (Å²) in [4.78, 5) is 0. The maximum Gasteiger partial charge on any atom is 0.168 e. The number of benzene rings is 2. The summed E-state index contributed by atoms with van der Waals surface area (Å²) in [6, 6.07) is 7.59. The van der Waals surface area contributed by atoms with E-state index in [9.17, 15) is 22.7 Å². The third kappa shape index (κ3) is 2.09. The fourth-order valence-electron chi connectivity index (χ4n) is 1.63. The van der Waals surface area contributed by atoms with Crippen molar-refractivity contribution in [1.29, 1.82) is 0 Å². The van der Waals surface area contributed by atoms with Crippen LogP contribution in [0.5, 0.6) is 0 Å². The first kappa shape index (κ1) is 12.6. The molecule has 18 heavy (non-hydrogen) atoms. The molecule has 0 aromatic heterocycles. The zero-order valence-electron chi connectivity index (χ0n) is 9.00. The van der Waals surface area contributed by atoms with Gasteiger partial charge in [0, 0.05) is 6.07 Å². The number of hydrogen-bond donors (Lipinski definition) is 1. The number of aliphatic hydroxyl groups is 1. The second-order valence-corrected chi connectivity index (χ2v) is 3.70. The summed E-state index contributed by atoms with van der Waals surface area (Å²) in [5.74, 6) is -6.27. The Bertz CT molecular complexity index is 543. The first-order valence-electron chi connectivity index (χ1n) is 5.08. The zero-order chi connectivity index (χ0) is 13.3. The predicted octanol–water partition coefficient (Wildman–Crippen LogP) is 3.32. The minimum Gasteiger partial charge on any atom is -0.383 e. The summed E-state index contributed by atoms with van der Waals surface area (Å²) >= 11 is 0. The van der Waals surface area contributed by atoms with E-state index in [2.05, 4.69) is 0 Å². The van der Waals surface area contributed by atoms with Crippen LogP contribution in [0.2, 0.25) is 0 Å². The molecular weight excluding hydrogens is 248 g/mol. The van der Waals surface area contributed by atoms with Crippen LogP contribution in [0.3, 0.4) is 0 Å². The van der Waals surface area contributed by atoms with Crippen molar-refractivity contribution < 1.29 is 22.7 Å². The van der Waals surface area contributed by atoms with E-state index < -0.39 is 34.9 Å². The van der Waals surface area contributed by atoms with Crippen LogP contribution in [-0.4, -0.2) is 5.11 Å². The molecule has 1 N–H and O–H groups in total. The van der Waals surface area contributed by atoms with Crippen LogP contribution in [0.25, 0.3) is 0 Å². The van der Waals surface area contributed by atoms with Crippen LogP contribution in [-0.2, 0) is 0 Å². The van der Waals surface area contributed by atoms with Crippen molar-refractivity contribution in [2.75, 3.05) is 0 Å². The summed E-state index contributed by atoms with van der Waals surface area (Å²) in [6.45, 7) is 0. The van der Waals surface area contributed by atoms with Crippen LogP contribution in [0, 0.1) is 23.3 Å². The Morgan fingerprint density at radius 1 is 0.833 bits per heavy atom. The highest BCUT2D eigenvalue weighted by Crippen LogP contribution is 2.29. The fourth-order valence-corrected chi connectivity index (χ4v) is 1.63. The average Bonchev–Trinajstić information content (AvgIpc) is 2.37. The Balaban J connectivity index is 2.58. The van der Waals surface area contributed by atoms with Crippen molar-refractivity contribution in [2.45, 2.75) is 6.10 Å². The molecule has 0 bridgehead atoms. The summed E-state index contributed by atoms with van der Waals surface area (Å²) in [6.07, 6.45) is -1.77. The molecule has 0 saturated heterocycles. The van der Waals surface area contributed by atoms with E-state index in [-0.39, 0.29) is 11.6 Å². The van der Waals surface area contributed by atoms with Crippen molar-refractivity contribution in [3.8, 4) is 0 Å². The van der Waals surface area contributed by atoms with Gasteiger partial charge in [-0.1, -0.05) is 30.3 Å². The van der Waals surface area contributed by atoms with Crippen LogP contribution in [0.15, 0.2) is 36.4 Å². The largest absolute Gasteiger partial charge is 0.383 e. The molecule has 5 heteroatoms. The topological polar surface area (TPSA) is 20.2 Å². The molecule has 2 aromatic rings. The van der Waals surface area contributed by atoms with Crippen molar-refractivity contribution in [2.24, 2.45) is 0 Å². The second-order valence-electron chi connectivity index (χ2n) is 3.70. The highest BCUT2D eigenvalue weighted by molar-refractivity contribution is 5.32. The third-order valence-electron chi connectivity index (χ3n) is 2.53. The average molecular weight is 256 g/mol. The van der Waals surface area contributed by atoms with Gasteiger partial charge < -0.3 is 5.11 Å². The van der Waals surface area contributed by atoms with Gasteiger partial charge in [0.15, 0.2) is 23.3 Å². The SMILES string of the molecule is OC(c1ccccc1)c1c(F)c(F)cc(F)c1F. The maximum atomic E-state index is 13.4. The number of halogens is 4. The molecule has 0 saturated carbocycles. The van der Waals surface area contributed by atoms with E-state index in [1.807, 2.05) is 0 Å². The van der Waals surface area contributed by atoms with Gasteiger partial charge in [-0.25, -0.2) is 17.6 Å². The molecule has 94 valence electrons. The predicted molar refractivity (Wildman–Crippen MR) is 56.8 cm³/mol. The molecule has 0 heterocycles. The highest BCUT2D eigenvalue weighted by atomic mass is 19.2. The summed E-state index contributed by atoms with van der Waals surface area (Å²) in [5.41, 5.74) is -0.890. The van der Waals surface area contributed by atoms with Gasteiger partial charge in [0.05, 0.1) is 5.56 Å². The molecule has 0 radical (unpaired) electrons. The highest BCUT2D eigenvalue weighted by Gasteiger charge is 2.25. The molecule has 1 nitrogen and oxygen atoms in total. The summed E-state index contributed by atoms with van der Waals surface area (Å²) < 4.78 is 52.9. The zero-order valence-corrected chi connectivity index (χ0v) is 9.00. The first-order valence-corrected chi connectivity index (χ1v) is 5.08. The molecular formula is C13H8F4O. The van der Waals surface area contributed by atoms with Crippen molar-refractivity contribution >= 4 is 0 Å². The molecule has 0 amide bonds. The van der Waals surface area contributed by atoms with E-state index in [0.29, 0.717) is 0 Å². The lowest BCUT2D eigenvalue weighted by Gasteiger charge is -2.14. The maximum absolute atomic E-state index is 13.4. The molecule has 1 unspecified atom stereocenters. The van der Waals surface area contributed by atoms with Crippen LogP contribution >= 0.6 is 0 Å². The van der Waals surface area contributed by atoms with Crippen molar-refractivity contribution in [3.63, 3.8) is 0 Å². The lowest BCUT2D eigenvalue weighted by atomic mass is 10.00. The standard InChI is InChI=1S/C13H8F4O/c14-8-6-9(15)12(17)10(11(8)16)13(18)7-4-2-1-3-5-7/h1-6,13,18H. The van der Waals surface area contributed by atoms with Crippen LogP contribution in [0.1, 0.15) is 17.2 Å². The Morgan fingerprint density at radius 3 is 1.83 bits per heavy atom. The fraction of sp³-hybridized carbons (Fsp3) is 0.0769. The molecule has 0 aliphatic rings. The lowest BCUT2D eigenvalue weighted by Crippen LogP contribution is -2.09.